The first-order chi connectivity index (χ1) is 9.81. The first kappa shape index (κ1) is 15.8. The highest BCUT2D eigenvalue weighted by Gasteiger charge is 2.24. The normalized spacial score (nSPS) is 11.4. The summed E-state index contributed by atoms with van der Waals surface area (Å²) in [5.74, 6) is -3.69. The van der Waals surface area contributed by atoms with Gasteiger partial charge < -0.3 is 0 Å². The molecule has 21 heavy (non-hydrogen) atoms. The number of carbonyl (C=O) groups is 1. The molecule has 0 bridgehead atoms. The summed E-state index contributed by atoms with van der Waals surface area (Å²) < 4.78 is 51.2. The Hall–Kier alpha value is -1.60. The van der Waals surface area contributed by atoms with E-state index in [1.807, 2.05) is 0 Å². The van der Waals surface area contributed by atoms with E-state index in [0.717, 1.165) is 12.1 Å². The predicted molar refractivity (Wildman–Crippen MR) is 76.9 cm³/mol. The zero-order chi connectivity index (χ0) is 15.6. The zero-order valence-electron chi connectivity index (χ0n) is 10.5. The lowest BCUT2D eigenvalue weighted by Crippen LogP contribution is -2.18. The topological polar surface area (TPSA) is 51.2 Å². The van der Waals surface area contributed by atoms with Crippen molar-refractivity contribution in [1.29, 1.82) is 0 Å². The van der Waals surface area contributed by atoms with Gasteiger partial charge in [0.25, 0.3) is 0 Å². The smallest absolute Gasteiger partial charge is 0.186 e. The van der Waals surface area contributed by atoms with Crippen molar-refractivity contribution < 1.29 is 22.0 Å². The fraction of sp³-hybridized carbons (Fsp3) is 0.0714. The van der Waals surface area contributed by atoms with Crippen LogP contribution in [-0.4, -0.2) is 20.0 Å². The first-order valence-corrected chi connectivity index (χ1v) is 8.21. The van der Waals surface area contributed by atoms with E-state index in [0.29, 0.717) is 10.5 Å². The van der Waals surface area contributed by atoms with Crippen LogP contribution in [-0.2, 0) is 9.84 Å². The molecule has 0 saturated heterocycles. The van der Waals surface area contributed by atoms with E-state index in [9.17, 15) is 22.0 Å². The van der Waals surface area contributed by atoms with E-state index >= 15 is 0 Å². The molecule has 0 heterocycles. The molecule has 0 saturated carbocycles. The van der Waals surface area contributed by atoms with Crippen molar-refractivity contribution in [2.75, 3.05) is 5.75 Å². The molecule has 2 rings (SSSR count). The molecule has 110 valence electrons. The van der Waals surface area contributed by atoms with Crippen LogP contribution in [0.15, 0.2) is 51.8 Å². The standard InChI is InChI=1S/C14H9BrF2O3S/c15-11-3-1-2-4-14(11)21(19,20)8-13(18)10-7-9(16)5-6-12(10)17/h1-7H,8H2. The molecule has 0 fully saturated rings. The largest absolute Gasteiger partial charge is 0.293 e. The number of ketones is 1. The van der Waals surface area contributed by atoms with Crippen molar-refractivity contribution in [2.24, 2.45) is 0 Å². The van der Waals surface area contributed by atoms with Gasteiger partial charge in [0, 0.05) is 4.47 Å². The van der Waals surface area contributed by atoms with E-state index in [1.54, 1.807) is 6.07 Å². The third-order valence-electron chi connectivity index (χ3n) is 2.72. The summed E-state index contributed by atoms with van der Waals surface area (Å²) in [4.78, 5) is 11.8. The maximum absolute atomic E-state index is 13.5. The van der Waals surface area contributed by atoms with Crippen LogP contribution in [0, 0.1) is 11.6 Å². The summed E-state index contributed by atoms with van der Waals surface area (Å²) in [6, 6.07) is 8.30. The average molecular weight is 375 g/mol. The van der Waals surface area contributed by atoms with Crippen LogP contribution in [0.25, 0.3) is 0 Å². The Labute approximate surface area is 128 Å². The third-order valence-corrected chi connectivity index (χ3v) is 5.34. The number of rotatable bonds is 4. The SMILES string of the molecule is O=C(CS(=O)(=O)c1ccccc1Br)c1cc(F)ccc1F. The Morgan fingerprint density at radius 3 is 2.43 bits per heavy atom. The molecule has 7 heteroatoms. The number of benzene rings is 2. The van der Waals surface area contributed by atoms with Crippen LogP contribution < -0.4 is 0 Å². The molecule has 0 atom stereocenters. The summed E-state index contributed by atoms with van der Waals surface area (Å²) in [6.07, 6.45) is 0. The van der Waals surface area contributed by atoms with Crippen LogP contribution >= 0.6 is 15.9 Å². The number of hydrogen-bond acceptors (Lipinski definition) is 3. The van der Waals surface area contributed by atoms with Gasteiger partial charge in [0.2, 0.25) is 0 Å². The Kier molecular flexibility index (Phi) is 4.53. The van der Waals surface area contributed by atoms with Gasteiger partial charge in [-0.2, -0.15) is 0 Å². The average Bonchev–Trinajstić information content (AvgIpc) is 2.41. The van der Waals surface area contributed by atoms with Gasteiger partial charge in [0.15, 0.2) is 15.6 Å². The summed E-state index contributed by atoms with van der Waals surface area (Å²) in [7, 11) is -3.95. The molecule has 3 nitrogen and oxygen atoms in total. The molecule has 0 aliphatic rings. The minimum atomic E-state index is -3.95. The molecular weight excluding hydrogens is 366 g/mol. The number of sulfone groups is 1. The molecule has 2 aromatic carbocycles. The third kappa shape index (κ3) is 3.54. The fourth-order valence-electron chi connectivity index (χ4n) is 1.74. The van der Waals surface area contributed by atoms with Crippen molar-refractivity contribution in [3.8, 4) is 0 Å². The van der Waals surface area contributed by atoms with Crippen LogP contribution in [0.5, 0.6) is 0 Å². The van der Waals surface area contributed by atoms with Crippen LogP contribution in [0.1, 0.15) is 10.4 Å². The summed E-state index contributed by atoms with van der Waals surface area (Å²) in [5, 5.41) is 0. The molecule has 0 N–H and O–H groups in total. The minimum Gasteiger partial charge on any atom is -0.293 e. The molecule has 0 aliphatic heterocycles. The summed E-state index contributed by atoms with van der Waals surface area (Å²) in [6.45, 7) is 0. The second-order valence-electron chi connectivity index (χ2n) is 4.24. The molecule has 0 amide bonds. The summed E-state index contributed by atoms with van der Waals surface area (Å²) in [5.41, 5.74) is -0.578. The maximum Gasteiger partial charge on any atom is 0.186 e. The van der Waals surface area contributed by atoms with E-state index in [2.05, 4.69) is 15.9 Å². The van der Waals surface area contributed by atoms with Gasteiger partial charge >= 0.3 is 0 Å². The zero-order valence-corrected chi connectivity index (χ0v) is 12.9. The monoisotopic (exact) mass is 374 g/mol. The number of hydrogen-bond donors (Lipinski definition) is 0. The highest BCUT2D eigenvalue weighted by atomic mass is 79.9. The lowest BCUT2D eigenvalue weighted by molar-refractivity contribution is 0.101. The molecule has 2 aromatic rings. The van der Waals surface area contributed by atoms with Crippen molar-refractivity contribution in [1.82, 2.24) is 0 Å². The second-order valence-corrected chi connectivity index (χ2v) is 7.05. The van der Waals surface area contributed by atoms with E-state index in [-0.39, 0.29) is 4.90 Å². The quantitative estimate of drug-likeness (QED) is 0.770. The molecule has 0 aliphatic carbocycles. The molecular formula is C14H9BrF2O3S. The lowest BCUT2D eigenvalue weighted by atomic mass is 10.1. The van der Waals surface area contributed by atoms with Crippen LogP contribution in [0.4, 0.5) is 8.78 Å². The molecule has 0 aromatic heterocycles. The van der Waals surface area contributed by atoms with Gasteiger partial charge in [-0.05, 0) is 46.3 Å². The van der Waals surface area contributed by atoms with E-state index in [4.69, 9.17) is 0 Å². The Morgan fingerprint density at radius 2 is 1.76 bits per heavy atom. The van der Waals surface area contributed by atoms with Crippen molar-refractivity contribution in [2.45, 2.75) is 4.90 Å². The fourth-order valence-corrected chi connectivity index (χ4v) is 4.07. The van der Waals surface area contributed by atoms with Gasteiger partial charge in [-0.25, -0.2) is 17.2 Å². The highest BCUT2D eigenvalue weighted by molar-refractivity contribution is 9.10. The van der Waals surface area contributed by atoms with Gasteiger partial charge in [-0.1, -0.05) is 12.1 Å². The number of halogens is 3. The highest BCUT2D eigenvalue weighted by Crippen LogP contribution is 2.23. The van der Waals surface area contributed by atoms with Crippen molar-refractivity contribution >= 4 is 31.6 Å². The Bertz CT molecular complexity index is 804. The second kappa shape index (κ2) is 6.03. The first-order valence-electron chi connectivity index (χ1n) is 5.77. The van der Waals surface area contributed by atoms with Crippen molar-refractivity contribution in [3.05, 3.63) is 64.1 Å². The van der Waals surface area contributed by atoms with Gasteiger partial charge in [0.05, 0.1) is 10.5 Å². The maximum atomic E-state index is 13.5. The van der Waals surface area contributed by atoms with Gasteiger partial charge in [-0.15, -0.1) is 0 Å². The Morgan fingerprint density at radius 1 is 1.10 bits per heavy atom. The van der Waals surface area contributed by atoms with Gasteiger partial charge in [0.1, 0.15) is 17.4 Å². The summed E-state index contributed by atoms with van der Waals surface area (Å²) >= 11 is 3.08. The van der Waals surface area contributed by atoms with Crippen molar-refractivity contribution in [3.63, 3.8) is 0 Å². The van der Waals surface area contributed by atoms with E-state index < -0.39 is 38.6 Å². The Balaban J connectivity index is 2.35. The molecule has 0 radical (unpaired) electrons. The number of Topliss-reactive ketones (excluding diaryl/α,β-unsaturated/α-hetero) is 1. The van der Waals surface area contributed by atoms with Crippen LogP contribution in [0.2, 0.25) is 0 Å². The molecule has 0 unspecified atom stereocenters. The minimum absolute atomic E-state index is 0.0739. The lowest BCUT2D eigenvalue weighted by Gasteiger charge is -2.07. The van der Waals surface area contributed by atoms with Crippen LogP contribution in [0.3, 0.4) is 0 Å². The number of carbonyl (C=O) groups excluding carboxylic acids is 1. The predicted octanol–water partition coefficient (Wildman–Crippen LogP) is 3.38. The van der Waals surface area contributed by atoms with Gasteiger partial charge in [-0.3, -0.25) is 4.79 Å². The molecule has 0 spiro atoms. The van der Waals surface area contributed by atoms with E-state index in [1.165, 1.54) is 18.2 Å².